The summed E-state index contributed by atoms with van der Waals surface area (Å²) < 4.78 is 30.0. The van der Waals surface area contributed by atoms with Crippen molar-refractivity contribution < 1.29 is 8.42 Å². The van der Waals surface area contributed by atoms with Gasteiger partial charge in [-0.1, -0.05) is 28.1 Å². The van der Waals surface area contributed by atoms with E-state index < -0.39 is 10.0 Å². The van der Waals surface area contributed by atoms with Gasteiger partial charge in [0, 0.05) is 17.9 Å². The van der Waals surface area contributed by atoms with Gasteiger partial charge < -0.3 is 0 Å². The number of nitrogens with one attached hydrogen (secondary N) is 1. The van der Waals surface area contributed by atoms with Gasteiger partial charge in [0.25, 0.3) is 10.0 Å². The number of benzene rings is 2. The Hall–Kier alpha value is 0.110. The van der Waals surface area contributed by atoms with E-state index in [9.17, 15) is 8.42 Å². The van der Waals surface area contributed by atoms with Gasteiger partial charge in [-0.15, -0.1) is 0 Å². The summed E-state index contributed by atoms with van der Waals surface area (Å²) in [4.78, 5) is 0.182. The first-order valence-electron chi connectivity index (χ1n) is 5.23. The Bertz CT molecular complexity index is 739. The Balaban J connectivity index is 2.47. The zero-order chi connectivity index (χ0) is 14.9. The van der Waals surface area contributed by atoms with Crippen LogP contribution in [0.15, 0.2) is 59.2 Å². The van der Waals surface area contributed by atoms with E-state index in [1.165, 1.54) is 6.07 Å². The summed E-state index contributed by atoms with van der Waals surface area (Å²) in [6, 6.07) is 10.2. The SMILES string of the molecule is O=S(=O)(Nc1c(Br)cc(Br)cc1Br)c1ccccc1Br. The smallest absolute Gasteiger partial charge is 0.263 e. The molecule has 0 fully saturated rings. The molecular formula is C12H7Br4NO2S. The molecule has 2 aromatic carbocycles. The molecule has 8 heteroatoms. The molecule has 0 aliphatic carbocycles. The van der Waals surface area contributed by atoms with Crippen molar-refractivity contribution in [2.45, 2.75) is 4.90 Å². The fourth-order valence-corrected chi connectivity index (χ4v) is 6.32. The minimum Gasteiger partial charge on any atom is -0.277 e. The largest absolute Gasteiger partial charge is 0.277 e. The molecule has 0 aliphatic rings. The Morgan fingerprint density at radius 1 is 0.850 bits per heavy atom. The van der Waals surface area contributed by atoms with E-state index in [1.54, 1.807) is 30.3 Å². The highest BCUT2D eigenvalue weighted by Crippen LogP contribution is 2.36. The van der Waals surface area contributed by atoms with Crippen LogP contribution in [0.25, 0.3) is 0 Å². The summed E-state index contributed by atoms with van der Waals surface area (Å²) in [6.07, 6.45) is 0. The van der Waals surface area contributed by atoms with E-state index in [0.29, 0.717) is 19.1 Å². The summed E-state index contributed by atoms with van der Waals surface area (Å²) >= 11 is 13.3. The maximum atomic E-state index is 12.4. The van der Waals surface area contributed by atoms with Gasteiger partial charge in [-0.25, -0.2) is 8.42 Å². The van der Waals surface area contributed by atoms with Crippen LogP contribution in [0.5, 0.6) is 0 Å². The summed E-state index contributed by atoms with van der Waals surface area (Å²) in [5.74, 6) is 0. The molecule has 3 nitrogen and oxygen atoms in total. The lowest BCUT2D eigenvalue weighted by Crippen LogP contribution is -2.14. The van der Waals surface area contributed by atoms with E-state index in [2.05, 4.69) is 68.4 Å². The third-order valence-electron chi connectivity index (χ3n) is 2.37. The zero-order valence-electron chi connectivity index (χ0n) is 9.70. The van der Waals surface area contributed by atoms with Crippen molar-refractivity contribution >= 4 is 79.4 Å². The van der Waals surface area contributed by atoms with Crippen molar-refractivity contribution in [3.05, 3.63) is 54.3 Å². The molecule has 0 atom stereocenters. The first-order chi connectivity index (χ1) is 9.31. The van der Waals surface area contributed by atoms with Crippen molar-refractivity contribution in [1.29, 1.82) is 0 Å². The molecule has 0 aliphatic heterocycles. The van der Waals surface area contributed by atoms with Gasteiger partial charge >= 0.3 is 0 Å². The van der Waals surface area contributed by atoms with Crippen molar-refractivity contribution in [2.75, 3.05) is 4.72 Å². The number of rotatable bonds is 3. The molecular weight excluding hydrogens is 542 g/mol. The second-order valence-electron chi connectivity index (χ2n) is 3.78. The van der Waals surface area contributed by atoms with Crippen molar-refractivity contribution in [3.8, 4) is 0 Å². The Kier molecular flexibility index (Phi) is 5.34. The van der Waals surface area contributed by atoms with Gasteiger partial charge in [-0.05, 0) is 72.1 Å². The van der Waals surface area contributed by atoms with Crippen LogP contribution in [0.2, 0.25) is 0 Å². The molecule has 0 spiro atoms. The van der Waals surface area contributed by atoms with Crippen LogP contribution < -0.4 is 4.72 Å². The molecule has 0 bridgehead atoms. The molecule has 106 valence electrons. The van der Waals surface area contributed by atoms with Gasteiger partial charge in [-0.2, -0.15) is 0 Å². The lowest BCUT2D eigenvalue weighted by Gasteiger charge is -2.13. The first-order valence-corrected chi connectivity index (χ1v) is 9.88. The molecule has 2 aromatic rings. The molecule has 1 N–H and O–H groups in total. The highest BCUT2D eigenvalue weighted by molar-refractivity contribution is 9.11. The van der Waals surface area contributed by atoms with Gasteiger partial charge in [-0.3, -0.25) is 4.72 Å². The van der Waals surface area contributed by atoms with Crippen LogP contribution >= 0.6 is 63.7 Å². The minimum absolute atomic E-state index is 0.182. The molecule has 0 saturated heterocycles. The fourth-order valence-electron chi connectivity index (χ4n) is 1.49. The first kappa shape index (κ1) is 16.5. The van der Waals surface area contributed by atoms with Crippen LogP contribution in [0, 0.1) is 0 Å². The van der Waals surface area contributed by atoms with Crippen molar-refractivity contribution in [2.24, 2.45) is 0 Å². The van der Waals surface area contributed by atoms with Crippen LogP contribution in [0.4, 0.5) is 5.69 Å². The van der Waals surface area contributed by atoms with E-state index in [0.717, 1.165) is 4.47 Å². The van der Waals surface area contributed by atoms with Gasteiger partial charge in [0.05, 0.1) is 5.69 Å². The van der Waals surface area contributed by atoms with Gasteiger partial charge in [0.1, 0.15) is 4.90 Å². The Morgan fingerprint density at radius 3 is 1.95 bits per heavy atom. The second kappa shape index (κ2) is 6.48. The fraction of sp³-hybridized carbons (Fsp3) is 0. The van der Waals surface area contributed by atoms with E-state index in [4.69, 9.17) is 0 Å². The number of hydrogen-bond acceptors (Lipinski definition) is 2. The maximum Gasteiger partial charge on any atom is 0.263 e. The molecule has 0 aromatic heterocycles. The summed E-state index contributed by atoms with van der Waals surface area (Å²) in [5.41, 5.74) is 0.448. The summed E-state index contributed by atoms with van der Waals surface area (Å²) in [5, 5.41) is 0. The molecule has 0 radical (unpaired) electrons. The molecule has 0 unspecified atom stereocenters. The second-order valence-corrected chi connectivity index (χ2v) is 8.91. The van der Waals surface area contributed by atoms with Crippen LogP contribution in [-0.2, 0) is 10.0 Å². The van der Waals surface area contributed by atoms with Crippen LogP contribution in [0.1, 0.15) is 0 Å². The lowest BCUT2D eigenvalue weighted by atomic mass is 10.3. The number of halogens is 4. The monoisotopic (exact) mass is 545 g/mol. The summed E-state index contributed by atoms with van der Waals surface area (Å²) in [6.45, 7) is 0. The molecule has 0 saturated carbocycles. The van der Waals surface area contributed by atoms with E-state index in [-0.39, 0.29) is 4.90 Å². The molecule has 2 rings (SSSR count). The predicted octanol–water partition coefficient (Wildman–Crippen LogP) is 5.54. The van der Waals surface area contributed by atoms with Gasteiger partial charge in [0.2, 0.25) is 0 Å². The average Bonchev–Trinajstić information content (AvgIpc) is 2.34. The van der Waals surface area contributed by atoms with Crippen molar-refractivity contribution in [3.63, 3.8) is 0 Å². The molecule has 20 heavy (non-hydrogen) atoms. The van der Waals surface area contributed by atoms with Gasteiger partial charge in [0.15, 0.2) is 0 Å². The average molecular weight is 549 g/mol. The third-order valence-corrected chi connectivity index (χ3v) is 6.44. The maximum absolute atomic E-state index is 12.4. The van der Waals surface area contributed by atoms with E-state index in [1.807, 2.05) is 0 Å². The number of sulfonamides is 1. The third kappa shape index (κ3) is 3.65. The van der Waals surface area contributed by atoms with Crippen LogP contribution in [0.3, 0.4) is 0 Å². The quantitative estimate of drug-likeness (QED) is 0.548. The lowest BCUT2D eigenvalue weighted by molar-refractivity contribution is 0.600. The highest BCUT2D eigenvalue weighted by Gasteiger charge is 2.20. The normalized spacial score (nSPS) is 11.4. The summed E-state index contributed by atoms with van der Waals surface area (Å²) in [7, 11) is -3.67. The Labute approximate surface area is 150 Å². The molecule has 0 heterocycles. The predicted molar refractivity (Wildman–Crippen MR) is 94.5 cm³/mol. The number of anilines is 1. The van der Waals surface area contributed by atoms with Crippen molar-refractivity contribution in [1.82, 2.24) is 0 Å². The standard InChI is InChI=1S/C12H7Br4NO2S/c13-7-5-9(15)12(10(16)6-7)17-20(18,19)11-4-2-1-3-8(11)14/h1-6,17H. The van der Waals surface area contributed by atoms with Crippen LogP contribution in [-0.4, -0.2) is 8.42 Å². The highest BCUT2D eigenvalue weighted by atomic mass is 79.9. The Morgan fingerprint density at radius 2 is 1.40 bits per heavy atom. The minimum atomic E-state index is -3.67. The number of hydrogen-bond donors (Lipinski definition) is 1. The topological polar surface area (TPSA) is 46.2 Å². The molecule has 0 amide bonds. The van der Waals surface area contributed by atoms with E-state index >= 15 is 0 Å². The zero-order valence-corrected chi connectivity index (χ0v) is 16.9.